The number of allylic oxidation sites excluding steroid dienone is 3. The fourth-order valence-electron chi connectivity index (χ4n) is 5.19. The van der Waals surface area contributed by atoms with Crippen molar-refractivity contribution in [3.05, 3.63) is 131 Å². The zero-order valence-electron chi connectivity index (χ0n) is 24.3. The predicted molar refractivity (Wildman–Crippen MR) is 163 cm³/mol. The van der Waals surface area contributed by atoms with E-state index in [1.165, 1.54) is 11.1 Å². The molecule has 0 bridgehead atoms. The summed E-state index contributed by atoms with van der Waals surface area (Å²) in [6.45, 7) is 9.55. The molecule has 2 aliphatic rings. The highest BCUT2D eigenvalue weighted by molar-refractivity contribution is 6.12. The Hall–Kier alpha value is -3.73. The molecule has 5 rings (SSSR count). The maximum atomic E-state index is 12.7. The zero-order chi connectivity index (χ0) is 29.8. The lowest BCUT2D eigenvalue weighted by atomic mass is 9.79. The van der Waals surface area contributed by atoms with Crippen molar-refractivity contribution >= 4 is 11.5 Å². The van der Waals surface area contributed by atoms with Gasteiger partial charge in [-0.25, -0.2) is 0 Å². The van der Waals surface area contributed by atoms with Crippen LogP contribution in [0.5, 0.6) is 0 Å². The van der Waals surface area contributed by atoms with Crippen LogP contribution in [0.15, 0.2) is 114 Å². The monoisotopic (exact) mass is 559 g/mol. The summed E-state index contributed by atoms with van der Waals surface area (Å²) in [6.07, 6.45) is 1.75. The fourth-order valence-corrected chi connectivity index (χ4v) is 5.19. The third-order valence-corrected chi connectivity index (χ3v) is 7.37. The topological polar surface area (TPSA) is 29.4 Å². The Morgan fingerprint density at radius 2 is 1.49 bits per heavy atom. The summed E-state index contributed by atoms with van der Waals surface area (Å²) in [6, 6.07) is 26.6. The van der Waals surface area contributed by atoms with Gasteiger partial charge in [0.15, 0.2) is 5.78 Å². The molecule has 5 heteroatoms. The van der Waals surface area contributed by atoms with E-state index in [9.17, 15) is 18.0 Å². The standard InChI is InChI=1S/C19H20F3NO.C14H14.C3H6/c1-2-3-15-11-18(24)16-9-6-13(10-17(16)23-15)12-4-7-14(8-5-12)19(20,21)22;1-12(13-8-4-2-5-9-13)14-10-6-3-7-11-14;1-3-2/h4-5,7-8,13H,2-3,6,9-11H2,1H3;2-12H,1H3;3H,1H2,2H3. The molecule has 3 aromatic rings. The van der Waals surface area contributed by atoms with Gasteiger partial charge >= 0.3 is 6.18 Å². The minimum absolute atomic E-state index is 0.128. The van der Waals surface area contributed by atoms with Crippen LogP contribution in [0.1, 0.15) is 93.4 Å². The minimum atomic E-state index is -4.31. The number of hydrogen-bond donors (Lipinski definition) is 0. The number of rotatable bonds is 5. The van der Waals surface area contributed by atoms with E-state index >= 15 is 0 Å². The van der Waals surface area contributed by atoms with Gasteiger partial charge in [0.05, 0.1) is 5.56 Å². The number of hydrogen-bond acceptors (Lipinski definition) is 2. The van der Waals surface area contributed by atoms with Crippen molar-refractivity contribution in [3.8, 4) is 0 Å². The van der Waals surface area contributed by atoms with E-state index in [0.717, 1.165) is 53.9 Å². The van der Waals surface area contributed by atoms with Gasteiger partial charge in [0.2, 0.25) is 0 Å². The molecule has 1 unspecified atom stereocenters. The molecule has 0 saturated heterocycles. The highest BCUT2D eigenvalue weighted by Crippen LogP contribution is 2.40. The van der Waals surface area contributed by atoms with Gasteiger partial charge in [-0.3, -0.25) is 9.79 Å². The van der Waals surface area contributed by atoms with Crippen molar-refractivity contribution in [2.24, 2.45) is 4.99 Å². The van der Waals surface area contributed by atoms with Gasteiger partial charge in [0.1, 0.15) is 0 Å². The van der Waals surface area contributed by atoms with Crippen LogP contribution in [0, 0.1) is 0 Å². The number of Topliss-reactive ketones (excluding diaryl/α,β-unsaturated/α-hetero) is 1. The molecule has 1 heterocycles. The Labute approximate surface area is 242 Å². The molecule has 0 fully saturated rings. The molecule has 0 N–H and O–H groups in total. The van der Waals surface area contributed by atoms with Gasteiger partial charge in [-0.1, -0.05) is 99.1 Å². The summed E-state index contributed by atoms with van der Waals surface area (Å²) >= 11 is 0. The second kappa shape index (κ2) is 15.3. The van der Waals surface area contributed by atoms with Crippen LogP contribution in [-0.2, 0) is 11.0 Å². The fraction of sp³-hybridized carbons (Fsp3) is 0.333. The second-order valence-corrected chi connectivity index (χ2v) is 10.5. The van der Waals surface area contributed by atoms with E-state index < -0.39 is 11.7 Å². The number of aliphatic imine (C=N–C) groups is 1. The molecule has 0 aromatic heterocycles. The van der Waals surface area contributed by atoms with E-state index in [1.807, 2.05) is 6.92 Å². The Balaban J connectivity index is 0.000000230. The molecule has 2 nitrogen and oxygen atoms in total. The third-order valence-electron chi connectivity index (χ3n) is 7.37. The van der Waals surface area contributed by atoms with Crippen LogP contribution in [-0.4, -0.2) is 11.5 Å². The Bertz CT molecular complexity index is 1280. The molecule has 0 spiro atoms. The van der Waals surface area contributed by atoms with Gasteiger partial charge in [-0.15, -0.1) is 6.58 Å². The first kappa shape index (κ1) is 31.8. The highest BCUT2D eigenvalue weighted by Gasteiger charge is 2.32. The Morgan fingerprint density at radius 3 is 1.98 bits per heavy atom. The summed E-state index contributed by atoms with van der Waals surface area (Å²) in [5.74, 6) is 0.787. The van der Waals surface area contributed by atoms with Crippen LogP contribution < -0.4 is 0 Å². The number of alkyl halides is 3. The third kappa shape index (κ3) is 9.14. The van der Waals surface area contributed by atoms with Crippen molar-refractivity contribution in [2.45, 2.75) is 77.3 Å². The molecule has 1 aliphatic heterocycles. The van der Waals surface area contributed by atoms with Crippen LogP contribution in [0.3, 0.4) is 0 Å². The number of carbonyl (C=O) groups is 1. The van der Waals surface area contributed by atoms with Crippen LogP contribution in [0.4, 0.5) is 13.2 Å². The number of benzene rings is 3. The van der Waals surface area contributed by atoms with Crippen LogP contribution >= 0.6 is 0 Å². The number of ketones is 1. The first-order chi connectivity index (χ1) is 19.7. The first-order valence-electron chi connectivity index (χ1n) is 14.3. The van der Waals surface area contributed by atoms with Gasteiger partial charge in [-0.2, -0.15) is 13.2 Å². The van der Waals surface area contributed by atoms with Crippen LogP contribution in [0.2, 0.25) is 0 Å². The highest BCUT2D eigenvalue weighted by atomic mass is 19.4. The maximum absolute atomic E-state index is 12.7. The van der Waals surface area contributed by atoms with Gasteiger partial charge in [-0.05, 0) is 67.3 Å². The molecular formula is C36H40F3NO. The number of nitrogens with zero attached hydrogens (tertiary/aromatic N) is 1. The largest absolute Gasteiger partial charge is 0.416 e. The average molecular weight is 560 g/mol. The lowest BCUT2D eigenvalue weighted by molar-refractivity contribution is -0.137. The van der Waals surface area contributed by atoms with E-state index in [-0.39, 0.29) is 11.7 Å². The molecule has 1 aliphatic carbocycles. The van der Waals surface area contributed by atoms with Gasteiger partial charge in [0.25, 0.3) is 0 Å². The van der Waals surface area contributed by atoms with Gasteiger partial charge in [0, 0.05) is 29.3 Å². The van der Waals surface area contributed by atoms with E-state index in [0.29, 0.717) is 25.2 Å². The molecule has 0 radical (unpaired) electrons. The second-order valence-electron chi connectivity index (χ2n) is 10.5. The molecule has 0 saturated carbocycles. The number of carbonyl (C=O) groups excluding carboxylic acids is 1. The van der Waals surface area contributed by atoms with Crippen LogP contribution in [0.25, 0.3) is 0 Å². The lowest BCUT2D eigenvalue weighted by Crippen LogP contribution is -2.21. The first-order valence-corrected chi connectivity index (χ1v) is 14.3. The van der Waals surface area contributed by atoms with Crippen molar-refractivity contribution in [2.75, 3.05) is 0 Å². The molecule has 0 amide bonds. The Kier molecular flexibility index (Phi) is 11.9. The number of halogens is 3. The van der Waals surface area contributed by atoms with Gasteiger partial charge < -0.3 is 0 Å². The zero-order valence-corrected chi connectivity index (χ0v) is 24.3. The maximum Gasteiger partial charge on any atom is 0.416 e. The summed E-state index contributed by atoms with van der Waals surface area (Å²) < 4.78 is 38.0. The average Bonchev–Trinajstić information content (AvgIpc) is 2.98. The van der Waals surface area contributed by atoms with E-state index in [1.54, 1.807) is 18.2 Å². The summed E-state index contributed by atoms with van der Waals surface area (Å²) in [5.41, 5.74) is 5.63. The van der Waals surface area contributed by atoms with Crippen molar-refractivity contribution < 1.29 is 18.0 Å². The molecule has 41 heavy (non-hydrogen) atoms. The summed E-state index contributed by atoms with van der Waals surface area (Å²) in [5, 5.41) is 0. The quantitative estimate of drug-likeness (QED) is 0.286. The summed E-state index contributed by atoms with van der Waals surface area (Å²) in [4.78, 5) is 16.9. The van der Waals surface area contributed by atoms with E-state index in [4.69, 9.17) is 0 Å². The summed E-state index contributed by atoms with van der Waals surface area (Å²) in [7, 11) is 0. The molecule has 216 valence electrons. The Morgan fingerprint density at radius 1 is 0.951 bits per heavy atom. The lowest BCUT2D eigenvalue weighted by Gasteiger charge is -2.28. The normalized spacial score (nSPS) is 16.5. The predicted octanol–water partition coefficient (Wildman–Crippen LogP) is 10.5. The molecule has 3 aromatic carbocycles. The van der Waals surface area contributed by atoms with E-state index in [2.05, 4.69) is 86.1 Å². The molecule has 1 atom stereocenters. The van der Waals surface area contributed by atoms with Crippen molar-refractivity contribution in [1.29, 1.82) is 0 Å². The molecular weight excluding hydrogens is 519 g/mol. The SMILES string of the molecule is C=CC.CC(c1ccccc1)c1ccccc1.CCCC1=NC2=C(CCC(c3ccc(C(F)(F)F)cc3)C2)C(=O)C1. The minimum Gasteiger partial charge on any atom is -0.294 e. The van der Waals surface area contributed by atoms with Crippen molar-refractivity contribution in [1.82, 2.24) is 0 Å². The van der Waals surface area contributed by atoms with Crippen molar-refractivity contribution in [3.63, 3.8) is 0 Å². The smallest absolute Gasteiger partial charge is 0.294 e.